The average Bonchev–Trinajstić information content (AvgIpc) is 3.19. The van der Waals surface area contributed by atoms with Crippen LogP contribution in [0.3, 0.4) is 0 Å². The molecule has 1 saturated carbocycles. The molecule has 1 fully saturated rings. The predicted molar refractivity (Wildman–Crippen MR) is 82.5 cm³/mol. The van der Waals surface area contributed by atoms with Gasteiger partial charge in [-0.25, -0.2) is 21.6 Å². The van der Waals surface area contributed by atoms with E-state index in [1.165, 1.54) is 24.3 Å². The van der Waals surface area contributed by atoms with Gasteiger partial charge in [0.05, 0.1) is 10.6 Å². The smallest absolute Gasteiger partial charge is 0.240 e. The van der Waals surface area contributed by atoms with Gasteiger partial charge in [0, 0.05) is 17.6 Å². The second kappa shape index (κ2) is 6.51. The van der Waals surface area contributed by atoms with Crippen LogP contribution < -0.4 is 9.44 Å². The topological polar surface area (TPSA) is 92.3 Å². The number of halogens is 1. The first-order valence-electron chi connectivity index (χ1n) is 6.51. The van der Waals surface area contributed by atoms with Crippen LogP contribution in [0.15, 0.2) is 29.2 Å². The van der Waals surface area contributed by atoms with Crippen molar-refractivity contribution in [3.8, 4) is 0 Å². The van der Waals surface area contributed by atoms with Crippen molar-refractivity contribution in [3.63, 3.8) is 0 Å². The third kappa shape index (κ3) is 5.14. The third-order valence-corrected chi connectivity index (χ3v) is 6.02. The number of benzene rings is 1. The van der Waals surface area contributed by atoms with E-state index in [0.29, 0.717) is 6.42 Å². The largest absolute Gasteiger partial charge is 0.284 e. The molecule has 2 rings (SSSR count). The van der Waals surface area contributed by atoms with Gasteiger partial charge in [0.15, 0.2) is 0 Å². The van der Waals surface area contributed by atoms with E-state index in [-0.39, 0.29) is 28.3 Å². The van der Waals surface area contributed by atoms with Gasteiger partial charge in [-0.15, -0.1) is 11.6 Å². The van der Waals surface area contributed by atoms with E-state index in [0.717, 1.165) is 12.8 Å². The lowest BCUT2D eigenvalue weighted by atomic mass is 10.3. The normalized spacial score (nSPS) is 15.9. The van der Waals surface area contributed by atoms with Crippen molar-refractivity contribution in [3.05, 3.63) is 24.3 Å². The van der Waals surface area contributed by atoms with Crippen LogP contribution in [0.5, 0.6) is 0 Å². The summed E-state index contributed by atoms with van der Waals surface area (Å²) in [6.45, 7) is 0. The van der Waals surface area contributed by atoms with Crippen LogP contribution >= 0.6 is 11.6 Å². The number of nitrogens with one attached hydrogen (secondary N) is 2. The molecule has 0 atom stereocenters. The van der Waals surface area contributed by atoms with E-state index in [1.54, 1.807) is 0 Å². The second-order valence-corrected chi connectivity index (χ2v) is 8.82. The SMILES string of the molecule is O=S(=O)(CCCCl)Nc1cccc(S(=O)(=O)NC2CC2)c1. The van der Waals surface area contributed by atoms with Gasteiger partial charge in [0.2, 0.25) is 20.0 Å². The number of rotatable bonds is 8. The Bertz CT molecular complexity index is 700. The molecule has 0 bridgehead atoms. The number of sulfonamides is 2. The molecule has 1 aliphatic carbocycles. The molecular weight excluding hydrogens is 336 g/mol. The number of hydrogen-bond donors (Lipinski definition) is 2. The maximum absolute atomic E-state index is 12.1. The van der Waals surface area contributed by atoms with Crippen molar-refractivity contribution in [2.75, 3.05) is 16.4 Å². The quantitative estimate of drug-likeness (QED) is 0.693. The molecular formula is C12H17ClN2O4S2. The molecule has 6 nitrogen and oxygen atoms in total. The van der Waals surface area contributed by atoms with Gasteiger partial charge in [-0.3, -0.25) is 4.72 Å². The minimum absolute atomic E-state index is 0.000862. The van der Waals surface area contributed by atoms with Gasteiger partial charge >= 0.3 is 0 Å². The average molecular weight is 353 g/mol. The summed E-state index contributed by atoms with van der Waals surface area (Å²) >= 11 is 5.47. The van der Waals surface area contributed by atoms with Crippen molar-refractivity contribution in [2.45, 2.75) is 30.2 Å². The lowest BCUT2D eigenvalue weighted by molar-refractivity contribution is 0.580. The number of hydrogen-bond acceptors (Lipinski definition) is 4. The second-order valence-electron chi connectivity index (χ2n) is 4.89. The molecule has 0 heterocycles. The highest BCUT2D eigenvalue weighted by molar-refractivity contribution is 7.92. The van der Waals surface area contributed by atoms with Gasteiger partial charge in [0.1, 0.15) is 0 Å². The summed E-state index contributed by atoms with van der Waals surface area (Å²) in [4.78, 5) is 0.0481. The Labute approximate surface area is 130 Å². The minimum atomic E-state index is -3.60. The summed E-state index contributed by atoms with van der Waals surface area (Å²) in [5.41, 5.74) is 0.225. The van der Waals surface area contributed by atoms with Gasteiger partial charge in [-0.2, -0.15) is 0 Å². The maximum atomic E-state index is 12.1. The summed E-state index contributed by atoms with van der Waals surface area (Å²) < 4.78 is 52.6. The van der Waals surface area contributed by atoms with Crippen LogP contribution in [-0.4, -0.2) is 34.5 Å². The molecule has 0 unspecified atom stereocenters. The summed E-state index contributed by atoms with van der Waals surface area (Å²) in [5, 5.41) is 0. The minimum Gasteiger partial charge on any atom is -0.284 e. The van der Waals surface area contributed by atoms with Crippen LogP contribution in [-0.2, 0) is 20.0 Å². The Morgan fingerprint density at radius 3 is 2.52 bits per heavy atom. The van der Waals surface area contributed by atoms with Crippen molar-refractivity contribution in [1.82, 2.24) is 4.72 Å². The lowest BCUT2D eigenvalue weighted by Gasteiger charge is -2.10. The Balaban J connectivity index is 2.14. The van der Waals surface area contributed by atoms with Crippen LogP contribution in [0.4, 0.5) is 5.69 Å². The first-order valence-corrected chi connectivity index (χ1v) is 10.2. The molecule has 2 N–H and O–H groups in total. The summed E-state index contributed by atoms with van der Waals surface area (Å²) in [6.07, 6.45) is 2.01. The van der Waals surface area contributed by atoms with Crippen molar-refractivity contribution >= 4 is 37.3 Å². The van der Waals surface area contributed by atoms with Crippen LogP contribution in [0.2, 0.25) is 0 Å². The molecule has 0 amide bonds. The van der Waals surface area contributed by atoms with E-state index < -0.39 is 20.0 Å². The Hall–Kier alpha value is -0.830. The van der Waals surface area contributed by atoms with Crippen LogP contribution in [0, 0.1) is 0 Å². The summed E-state index contributed by atoms with van der Waals surface area (Å²) in [7, 11) is -7.12. The van der Waals surface area contributed by atoms with E-state index in [4.69, 9.17) is 11.6 Å². The first kappa shape index (κ1) is 16.5. The third-order valence-electron chi connectivity index (χ3n) is 2.86. The van der Waals surface area contributed by atoms with Crippen molar-refractivity contribution in [2.24, 2.45) is 0 Å². The number of alkyl halides is 1. The highest BCUT2D eigenvalue weighted by atomic mass is 35.5. The molecule has 0 aromatic heterocycles. The lowest BCUT2D eigenvalue weighted by Crippen LogP contribution is -2.26. The van der Waals surface area contributed by atoms with E-state index in [1.807, 2.05) is 0 Å². The molecule has 0 aliphatic heterocycles. The monoisotopic (exact) mass is 352 g/mol. The maximum Gasteiger partial charge on any atom is 0.240 e. The summed E-state index contributed by atoms with van der Waals surface area (Å²) in [5.74, 6) is 0.147. The van der Waals surface area contributed by atoms with Crippen molar-refractivity contribution in [1.29, 1.82) is 0 Å². The molecule has 0 saturated heterocycles. The molecule has 9 heteroatoms. The standard InChI is InChI=1S/C12H17ClN2O4S2/c13-7-2-8-20(16,17)14-11-3-1-4-12(9-11)21(18,19)15-10-5-6-10/h1,3-4,9-10,14-15H,2,5-8H2. The zero-order valence-electron chi connectivity index (χ0n) is 11.2. The molecule has 1 aromatic carbocycles. The zero-order chi connectivity index (χ0) is 15.5. The zero-order valence-corrected chi connectivity index (χ0v) is 13.6. The highest BCUT2D eigenvalue weighted by Crippen LogP contribution is 2.23. The van der Waals surface area contributed by atoms with Crippen LogP contribution in [0.25, 0.3) is 0 Å². The van der Waals surface area contributed by atoms with Crippen LogP contribution in [0.1, 0.15) is 19.3 Å². The van der Waals surface area contributed by atoms with Gasteiger partial charge in [-0.1, -0.05) is 6.07 Å². The Morgan fingerprint density at radius 1 is 1.19 bits per heavy atom. The fraction of sp³-hybridized carbons (Fsp3) is 0.500. The predicted octanol–water partition coefficient (Wildman–Crippen LogP) is 1.50. The van der Waals surface area contributed by atoms with Crippen molar-refractivity contribution < 1.29 is 16.8 Å². The fourth-order valence-corrected chi connectivity index (χ4v) is 4.45. The van der Waals surface area contributed by atoms with E-state index in [9.17, 15) is 16.8 Å². The molecule has 0 spiro atoms. The van der Waals surface area contributed by atoms with Gasteiger partial charge in [0.25, 0.3) is 0 Å². The summed E-state index contributed by atoms with van der Waals surface area (Å²) in [6, 6.07) is 5.75. The fourth-order valence-electron chi connectivity index (χ4n) is 1.69. The highest BCUT2D eigenvalue weighted by Gasteiger charge is 2.28. The number of anilines is 1. The van der Waals surface area contributed by atoms with E-state index >= 15 is 0 Å². The van der Waals surface area contributed by atoms with Gasteiger partial charge in [-0.05, 0) is 37.5 Å². The molecule has 118 valence electrons. The van der Waals surface area contributed by atoms with Gasteiger partial charge < -0.3 is 0 Å². The molecule has 1 aromatic rings. The molecule has 21 heavy (non-hydrogen) atoms. The Morgan fingerprint density at radius 2 is 1.90 bits per heavy atom. The first-order chi connectivity index (χ1) is 9.82. The van der Waals surface area contributed by atoms with E-state index in [2.05, 4.69) is 9.44 Å². The Kier molecular flexibility index (Phi) is 5.13. The molecule has 0 radical (unpaired) electrons. The molecule has 1 aliphatic rings.